The van der Waals surface area contributed by atoms with Crippen LogP contribution in [0.15, 0.2) is 18.2 Å². The van der Waals surface area contributed by atoms with Gasteiger partial charge >= 0.3 is 0 Å². The van der Waals surface area contributed by atoms with Gasteiger partial charge in [-0.2, -0.15) is 0 Å². The van der Waals surface area contributed by atoms with Crippen LogP contribution in [0.3, 0.4) is 0 Å². The summed E-state index contributed by atoms with van der Waals surface area (Å²) in [5.74, 6) is 1.14. The number of rotatable bonds is 6. The molecule has 124 valence electrons. The van der Waals surface area contributed by atoms with E-state index in [2.05, 4.69) is 12.2 Å². The van der Waals surface area contributed by atoms with Crippen molar-refractivity contribution in [2.24, 2.45) is 5.92 Å². The molecule has 1 fully saturated rings. The molecule has 1 N–H and O–H groups in total. The first-order valence-electron chi connectivity index (χ1n) is 7.33. The van der Waals surface area contributed by atoms with Gasteiger partial charge in [0.25, 0.3) is 0 Å². The minimum absolute atomic E-state index is 0.0842. The van der Waals surface area contributed by atoms with Crippen molar-refractivity contribution in [1.29, 1.82) is 0 Å². The van der Waals surface area contributed by atoms with Crippen LogP contribution < -0.4 is 10.1 Å². The topological polar surface area (TPSA) is 58.6 Å². The Morgan fingerprint density at radius 3 is 2.82 bits per heavy atom. The Hall–Kier alpha value is -0.820. The van der Waals surface area contributed by atoms with E-state index in [0.29, 0.717) is 24.0 Å². The van der Waals surface area contributed by atoms with Gasteiger partial charge in [0.2, 0.25) is 10.0 Å². The van der Waals surface area contributed by atoms with Crippen LogP contribution in [-0.4, -0.2) is 45.7 Å². The maximum Gasteiger partial charge on any atom is 0.211 e. The molecule has 0 aliphatic carbocycles. The first-order valence-corrected chi connectivity index (χ1v) is 9.56. The van der Waals surface area contributed by atoms with Crippen LogP contribution in [-0.2, 0) is 10.0 Å². The minimum atomic E-state index is -3.07. The number of methoxy groups -OCH3 is 1. The zero-order valence-electron chi connectivity index (χ0n) is 13.2. The van der Waals surface area contributed by atoms with E-state index < -0.39 is 10.0 Å². The number of nitrogens with one attached hydrogen (secondary N) is 1. The summed E-state index contributed by atoms with van der Waals surface area (Å²) >= 11 is 6.06. The Bertz CT molecular complexity index is 621. The Labute approximate surface area is 137 Å². The molecule has 2 unspecified atom stereocenters. The number of ether oxygens (including phenoxy) is 1. The largest absolute Gasteiger partial charge is 0.496 e. The molecule has 0 aromatic heterocycles. The van der Waals surface area contributed by atoms with Crippen molar-refractivity contribution in [2.45, 2.75) is 19.4 Å². The average molecular weight is 347 g/mol. The molecule has 2 rings (SSSR count). The van der Waals surface area contributed by atoms with Gasteiger partial charge in [0.05, 0.1) is 13.4 Å². The van der Waals surface area contributed by atoms with E-state index in [1.807, 2.05) is 12.1 Å². The number of hydrogen-bond acceptors (Lipinski definition) is 4. The maximum atomic E-state index is 11.5. The lowest BCUT2D eigenvalue weighted by Crippen LogP contribution is -2.31. The van der Waals surface area contributed by atoms with Crippen molar-refractivity contribution in [3.63, 3.8) is 0 Å². The first kappa shape index (κ1) is 17.5. The van der Waals surface area contributed by atoms with Gasteiger partial charge in [0, 0.05) is 29.7 Å². The quantitative estimate of drug-likeness (QED) is 0.858. The number of halogens is 1. The number of benzene rings is 1. The molecule has 1 heterocycles. The molecule has 2 atom stereocenters. The molecule has 0 spiro atoms. The Morgan fingerprint density at radius 2 is 2.23 bits per heavy atom. The van der Waals surface area contributed by atoms with Crippen molar-refractivity contribution in [1.82, 2.24) is 9.62 Å². The van der Waals surface area contributed by atoms with Gasteiger partial charge in [-0.25, -0.2) is 12.7 Å². The fraction of sp³-hybridized carbons (Fsp3) is 0.600. The van der Waals surface area contributed by atoms with Crippen molar-refractivity contribution in [2.75, 3.05) is 33.0 Å². The Balaban J connectivity index is 1.94. The standard InChI is InChI=1S/C15H23ClN2O3S/c1-11(14-8-13(16)4-5-15(14)21-2)17-9-12-6-7-18(10-12)22(3,19)20/h4-5,8,11-12,17H,6-7,9-10H2,1-3H3. The second kappa shape index (κ2) is 7.17. The summed E-state index contributed by atoms with van der Waals surface area (Å²) in [4.78, 5) is 0. The zero-order chi connectivity index (χ0) is 16.3. The van der Waals surface area contributed by atoms with Gasteiger partial charge in [-0.05, 0) is 44.0 Å². The summed E-state index contributed by atoms with van der Waals surface area (Å²) in [5.41, 5.74) is 1.01. The van der Waals surface area contributed by atoms with Crippen molar-refractivity contribution in [3.05, 3.63) is 28.8 Å². The van der Waals surface area contributed by atoms with Gasteiger partial charge in [0.15, 0.2) is 0 Å². The summed E-state index contributed by atoms with van der Waals surface area (Å²) in [7, 11) is -1.44. The van der Waals surface area contributed by atoms with E-state index in [4.69, 9.17) is 16.3 Å². The molecule has 1 aromatic rings. The van der Waals surface area contributed by atoms with E-state index in [9.17, 15) is 8.42 Å². The molecule has 1 aliphatic heterocycles. The summed E-state index contributed by atoms with van der Waals surface area (Å²) in [6.07, 6.45) is 2.15. The van der Waals surface area contributed by atoms with Gasteiger partial charge in [-0.3, -0.25) is 0 Å². The lowest BCUT2D eigenvalue weighted by Gasteiger charge is -2.20. The smallest absolute Gasteiger partial charge is 0.211 e. The lowest BCUT2D eigenvalue weighted by atomic mass is 10.0. The second-order valence-corrected chi connectivity index (χ2v) is 8.21. The molecule has 5 nitrogen and oxygen atoms in total. The fourth-order valence-corrected chi connectivity index (χ4v) is 3.86. The normalized spacial score (nSPS) is 21.0. The average Bonchev–Trinajstić information content (AvgIpc) is 2.93. The molecule has 0 bridgehead atoms. The van der Waals surface area contributed by atoms with Gasteiger partial charge < -0.3 is 10.1 Å². The fourth-order valence-electron chi connectivity index (χ4n) is 2.76. The van der Waals surface area contributed by atoms with Crippen LogP contribution in [0, 0.1) is 5.92 Å². The molecular weight excluding hydrogens is 324 g/mol. The van der Waals surface area contributed by atoms with Crippen LogP contribution in [0.25, 0.3) is 0 Å². The predicted molar refractivity (Wildman–Crippen MR) is 88.9 cm³/mol. The third-order valence-electron chi connectivity index (χ3n) is 4.09. The van der Waals surface area contributed by atoms with E-state index in [1.165, 1.54) is 6.26 Å². The van der Waals surface area contributed by atoms with Crippen LogP contribution in [0.1, 0.15) is 24.9 Å². The van der Waals surface area contributed by atoms with Gasteiger partial charge in [-0.1, -0.05) is 11.6 Å². The van der Waals surface area contributed by atoms with E-state index in [0.717, 1.165) is 24.3 Å². The highest BCUT2D eigenvalue weighted by molar-refractivity contribution is 7.88. The molecule has 7 heteroatoms. The van der Waals surface area contributed by atoms with Gasteiger partial charge in [0.1, 0.15) is 5.75 Å². The van der Waals surface area contributed by atoms with Crippen LogP contribution >= 0.6 is 11.6 Å². The molecule has 0 radical (unpaired) electrons. The van der Waals surface area contributed by atoms with Crippen molar-refractivity contribution in [3.8, 4) is 5.75 Å². The van der Waals surface area contributed by atoms with Crippen LogP contribution in [0.5, 0.6) is 5.75 Å². The molecule has 1 aliphatic rings. The minimum Gasteiger partial charge on any atom is -0.496 e. The zero-order valence-corrected chi connectivity index (χ0v) is 14.7. The van der Waals surface area contributed by atoms with E-state index in [1.54, 1.807) is 17.5 Å². The third kappa shape index (κ3) is 4.35. The van der Waals surface area contributed by atoms with Crippen LogP contribution in [0.4, 0.5) is 0 Å². The maximum absolute atomic E-state index is 11.5. The highest BCUT2D eigenvalue weighted by atomic mass is 35.5. The third-order valence-corrected chi connectivity index (χ3v) is 5.59. The van der Waals surface area contributed by atoms with E-state index >= 15 is 0 Å². The summed E-state index contributed by atoms with van der Waals surface area (Å²) in [5, 5.41) is 4.13. The number of hydrogen-bond donors (Lipinski definition) is 1. The summed E-state index contributed by atoms with van der Waals surface area (Å²) in [6, 6.07) is 5.64. The summed E-state index contributed by atoms with van der Waals surface area (Å²) < 4.78 is 30.0. The monoisotopic (exact) mass is 346 g/mol. The SMILES string of the molecule is COc1ccc(Cl)cc1C(C)NCC1CCN(S(C)(=O)=O)C1. The predicted octanol–water partition coefficient (Wildman–Crippen LogP) is 2.28. The molecule has 0 saturated carbocycles. The highest BCUT2D eigenvalue weighted by Crippen LogP contribution is 2.28. The summed E-state index contributed by atoms with van der Waals surface area (Å²) in [6.45, 7) is 4.02. The van der Waals surface area contributed by atoms with Gasteiger partial charge in [-0.15, -0.1) is 0 Å². The molecule has 0 amide bonds. The Morgan fingerprint density at radius 1 is 1.50 bits per heavy atom. The first-order chi connectivity index (χ1) is 10.3. The van der Waals surface area contributed by atoms with Crippen LogP contribution in [0.2, 0.25) is 5.02 Å². The molecular formula is C15H23ClN2O3S. The van der Waals surface area contributed by atoms with Crippen molar-refractivity contribution >= 4 is 21.6 Å². The van der Waals surface area contributed by atoms with Crippen molar-refractivity contribution < 1.29 is 13.2 Å². The molecule has 1 saturated heterocycles. The number of nitrogens with zero attached hydrogens (tertiary/aromatic N) is 1. The lowest BCUT2D eigenvalue weighted by molar-refractivity contribution is 0.394. The number of sulfonamides is 1. The second-order valence-electron chi connectivity index (χ2n) is 5.79. The van der Waals surface area contributed by atoms with E-state index in [-0.39, 0.29) is 6.04 Å². The Kier molecular flexibility index (Phi) is 5.71. The molecule has 1 aromatic carbocycles. The molecule has 22 heavy (non-hydrogen) atoms. The highest BCUT2D eigenvalue weighted by Gasteiger charge is 2.28.